The molecule has 2 rings (SSSR count). The van der Waals surface area contributed by atoms with E-state index in [0.717, 1.165) is 10.9 Å². The van der Waals surface area contributed by atoms with Crippen LogP contribution in [0.1, 0.15) is 26.3 Å². The summed E-state index contributed by atoms with van der Waals surface area (Å²) in [6.45, 7) is 4.54. The van der Waals surface area contributed by atoms with Crippen LogP contribution < -0.4 is 21.0 Å². The zero-order valence-electron chi connectivity index (χ0n) is 16.5. The predicted octanol–water partition coefficient (Wildman–Crippen LogP) is 1.08. The Hall–Kier alpha value is -3.36. The van der Waals surface area contributed by atoms with Crippen molar-refractivity contribution in [2.24, 2.45) is 5.92 Å². The van der Waals surface area contributed by atoms with Gasteiger partial charge in [-0.3, -0.25) is 9.59 Å². The van der Waals surface area contributed by atoms with Gasteiger partial charge >= 0.3 is 11.6 Å². The summed E-state index contributed by atoms with van der Waals surface area (Å²) in [5, 5.41) is 14.6. The molecule has 0 saturated heterocycles. The van der Waals surface area contributed by atoms with Crippen LogP contribution in [0.5, 0.6) is 5.75 Å². The molecule has 29 heavy (non-hydrogen) atoms. The van der Waals surface area contributed by atoms with Crippen molar-refractivity contribution in [3.05, 3.63) is 40.2 Å². The van der Waals surface area contributed by atoms with E-state index in [4.69, 9.17) is 14.3 Å². The zero-order valence-corrected chi connectivity index (χ0v) is 16.5. The Bertz CT molecular complexity index is 965. The van der Waals surface area contributed by atoms with Crippen molar-refractivity contribution < 1.29 is 28.6 Å². The normalized spacial score (nSPS) is 11.9. The van der Waals surface area contributed by atoms with E-state index in [1.807, 2.05) is 6.92 Å². The minimum absolute atomic E-state index is 0.295. The summed E-state index contributed by atoms with van der Waals surface area (Å²) in [5.41, 5.74) is 0.754. The Kier molecular flexibility index (Phi) is 7.35. The molecule has 1 aromatic heterocycles. The van der Waals surface area contributed by atoms with E-state index < -0.39 is 29.5 Å². The highest BCUT2D eigenvalue weighted by molar-refractivity contribution is 5.88. The standard InChI is InChI=1S/C20H24N2O7/c1-4-12-7-18(25)29-15-8-13(5-6-14(12)15)28-10-17(24)21-9-16(23)22-19(11(2)3)20(26)27/h5-8,11,19H,4,9-10H2,1-3H3,(H,21,24)(H,22,23)(H,26,27)/t19-/m0/s1. The molecule has 1 heterocycles. The number of amides is 2. The van der Waals surface area contributed by atoms with Gasteiger partial charge in [0.15, 0.2) is 6.61 Å². The van der Waals surface area contributed by atoms with E-state index in [0.29, 0.717) is 17.8 Å². The van der Waals surface area contributed by atoms with Gasteiger partial charge in [-0.1, -0.05) is 20.8 Å². The average molecular weight is 404 g/mol. The number of fused-ring (bicyclic) bond motifs is 1. The van der Waals surface area contributed by atoms with Crippen molar-refractivity contribution in [3.8, 4) is 5.75 Å². The number of aryl methyl sites for hydroxylation is 1. The second-order valence-electron chi connectivity index (χ2n) is 6.80. The summed E-state index contributed by atoms with van der Waals surface area (Å²) in [6, 6.07) is 5.33. The smallest absolute Gasteiger partial charge is 0.336 e. The van der Waals surface area contributed by atoms with Crippen LogP contribution in [0.2, 0.25) is 0 Å². The molecular weight excluding hydrogens is 380 g/mol. The predicted molar refractivity (Wildman–Crippen MR) is 105 cm³/mol. The van der Waals surface area contributed by atoms with Crippen LogP contribution in [0, 0.1) is 5.92 Å². The minimum Gasteiger partial charge on any atom is -0.484 e. The second kappa shape index (κ2) is 9.72. The molecule has 0 saturated carbocycles. The number of benzene rings is 1. The first-order chi connectivity index (χ1) is 13.7. The number of nitrogens with one attached hydrogen (secondary N) is 2. The first-order valence-corrected chi connectivity index (χ1v) is 9.19. The van der Waals surface area contributed by atoms with Gasteiger partial charge in [-0.15, -0.1) is 0 Å². The van der Waals surface area contributed by atoms with Crippen LogP contribution in [-0.2, 0) is 20.8 Å². The van der Waals surface area contributed by atoms with E-state index >= 15 is 0 Å². The van der Waals surface area contributed by atoms with Gasteiger partial charge in [0.1, 0.15) is 17.4 Å². The van der Waals surface area contributed by atoms with Gasteiger partial charge in [0.2, 0.25) is 5.91 Å². The summed E-state index contributed by atoms with van der Waals surface area (Å²) < 4.78 is 10.5. The highest BCUT2D eigenvalue weighted by Crippen LogP contribution is 2.22. The minimum atomic E-state index is -1.14. The molecule has 1 atom stereocenters. The van der Waals surface area contributed by atoms with Crippen LogP contribution in [0.3, 0.4) is 0 Å². The maximum atomic E-state index is 11.9. The van der Waals surface area contributed by atoms with Crippen molar-refractivity contribution in [1.29, 1.82) is 0 Å². The maximum Gasteiger partial charge on any atom is 0.336 e. The van der Waals surface area contributed by atoms with Gasteiger partial charge in [-0.2, -0.15) is 0 Å². The van der Waals surface area contributed by atoms with Gasteiger partial charge in [0.25, 0.3) is 5.91 Å². The molecule has 1 aromatic carbocycles. The number of aliphatic carboxylic acids is 1. The van der Waals surface area contributed by atoms with E-state index in [1.54, 1.807) is 26.0 Å². The zero-order chi connectivity index (χ0) is 21.6. The molecule has 9 nitrogen and oxygen atoms in total. The molecular formula is C20H24N2O7. The summed E-state index contributed by atoms with van der Waals surface area (Å²) in [7, 11) is 0. The molecule has 2 aromatic rings. The fourth-order valence-corrected chi connectivity index (χ4v) is 2.71. The third-order valence-electron chi connectivity index (χ3n) is 4.25. The molecule has 3 N–H and O–H groups in total. The van der Waals surface area contributed by atoms with E-state index in [2.05, 4.69) is 10.6 Å². The lowest BCUT2D eigenvalue weighted by atomic mass is 10.1. The van der Waals surface area contributed by atoms with Gasteiger partial charge in [-0.25, -0.2) is 9.59 Å². The third-order valence-corrected chi connectivity index (χ3v) is 4.25. The van der Waals surface area contributed by atoms with Crippen molar-refractivity contribution in [2.45, 2.75) is 33.2 Å². The van der Waals surface area contributed by atoms with E-state index in [-0.39, 0.29) is 19.1 Å². The largest absolute Gasteiger partial charge is 0.484 e. The van der Waals surface area contributed by atoms with E-state index in [1.165, 1.54) is 12.1 Å². The van der Waals surface area contributed by atoms with Gasteiger partial charge in [0.05, 0.1) is 6.54 Å². The van der Waals surface area contributed by atoms with Crippen LogP contribution in [0.15, 0.2) is 33.5 Å². The van der Waals surface area contributed by atoms with Crippen molar-refractivity contribution in [2.75, 3.05) is 13.2 Å². The molecule has 0 radical (unpaired) electrons. The lowest BCUT2D eigenvalue weighted by Gasteiger charge is -2.18. The molecule has 156 valence electrons. The third kappa shape index (κ3) is 6.06. The maximum absolute atomic E-state index is 11.9. The fourth-order valence-electron chi connectivity index (χ4n) is 2.71. The summed E-state index contributed by atoms with van der Waals surface area (Å²) in [6.07, 6.45) is 0.673. The molecule has 0 unspecified atom stereocenters. The SMILES string of the molecule is CCc1cc(=O)oc2cc(OCC(=O)NCC(=O)N[C@H](C(=O)O)C(C)C)ccc12. The van der Waals surface area contributed by atoms with Gasteiger partial charge < -0.3 is 24.9 Å². The van der Waals surface area contributed by atoms with Gasteiger partial charge in [-0.05, 0) is 30.0 Å². The number of hydrogen-bond acceptors (Lipinski definition) is 6. The van der Waals surface area contributed by atoms with Crippen LogP contribution in [0.25, 0.3) is 11.0 Å². The monoisotopic (exact) mass is 404 g/mol. The van der Waals surface area contributed by atoms with E-state index in [9.17, 15) is 19.2 Å². The van der Waals surface area contributed by atoms with Crippen LogP contribution in [0.4, 0.5) is 0 Å². The molecule has 0 aliphatic carbocycles. The number of carbonyl (C=O) groups is 3. The lowest BCUT2D eigenvalue weighted by Crippen LogP contribution is -2.48. The number of carbonyl (C=O) groups excluding carboxylic acids is 2. The Labute approximate surface area is 167 Å². The summed E-state index contributed by atoms with van der Waals surface area (Å²) >= 11 is 0. The van der Waals surface area contributed by atoms with Crippen molar-refractivity contribution >= 4 is 28.8 Å². The number of ether oxygens (including phenoxy) is 1. The number of carboxylic acid groups (broad SMARTS) is 1. The summed E-state index contributed by atoms with van der Waals surface area (Å²) in [4.78, 5) is 46.4. The molecule has 9 heteroatoms. The number of carboxylic acids is 1. The topological polar surface area (TPSA) is 135 Å². The Morgan fingerprint density at radius 2 is 1.90 bits per heavy atom. The Balaban J connectivity index is 1.90. The Morgan fingerprint density at radius 1 is 1.17 bits per heavy atom. The van der Waals surface area contributed by atoms with Crippen molar-refractivity contribution in [3.63, 3.8) is 0 Å². The second-order valence-corrected chi connectivity index (χ2v) is 6.80. The van der Waals surface area contributed by atoms with Gasteiger partial charge in [0, 0.05) is 17.5 Å². The quantitative estimate of drug-likeness (QED) is 0.532. The molecule has 0 bridgehead atoms. The highest BCUT2D eigenvalue weighted by atomic mass is 16.5. The number of hydrogen-bond donors (Lipinski definition) is 3. The highest BCUT2D eigenvalue weighted by Gasteiger charge is 2.23. The molecule has 0 spiro atoms. The average Bonchev–Trinajstić information content (AvgIpc) is 2.67. The molecule has 0 aliphatic heterocycles. The fraction of sp³-hybridized carbons (Fsp3) is 0.400. The van der Waals surface area contributed by atoms with Crippen LogP contribution >= 0.6 is 0 Å². The summed E-state index contributed by atoms with van der Waals surface area (Å²) in [5.74, 6) is -2.27. The Morgan fingerprint density at radius 3 is 2.52 bits per heavy atom. The molecule has 0 fully saturated rings. The molecule has 0 aliphatic rings. The number of rotatable bonds is 9. The lowest BCUT2D eigenvalue weighted by molar-refractivity contribution is -0.143. The first kappa shape index (κ1) is 21.9. The molecule has 2 amide bonds. The van der Waals surface area contributed by atoms with Crippen molar-refractivity contribution in [1.82, 2.24) is 10.6 Å². The van der Waals surface area contributed by atoms with Crippen LogP contribution in [-0.4, -0.2) is 42.1 Å². The first-order valence-electron chi connectivity index (χ1n) is 9.19.